The van der Waals surface area contributed by atoms with Crippen molar-refractivity contribution in [2.45, 2.75) is 18.9 Å². The number of terminal acetylenes is 1. The maximum absolute atomic E-state index is 8.97. The molecular formula is C10H12O. The van der Waals surface area contributed by atoms with E-state index in [9.17, 15) is 0 Å². The van der Waals surface area contributed by atoms with Gasteiger partial charge in [-0.1, -0.05) is 24.1 Å². The van der Waals surface area contributed by atoms with Gasteiger partial charge in [-0.25, -0.2) is 0 Å². The summed E-state index contributed by atoms with van der Waals surface area (Å²) < 4.78 is 0. The van der Waals surface area contributed by atoms with Gasteiger partial charge in [-0.3, -0.25) is 0 Å². The van der Waals surface area contributed by atoms with Crippen molar-refractivity contribution in [3.8, 4) is 12.3 Å². The molecule has 0 aromatic rings. The highest BCUT2D eigenvalue weighted by atomic mass is 16.3. The molecule has 0 aliphatic heterocycles. The van der Waals surface area contributed by atoms with Crippen molar-refractivity contribution in [1.82, 2.24) is 0 Å². The van der Waals surface area contributed by atoms with Crippen LogP contribution in [-0.2, 0) is 0 Å². The lowest BCUT2D eigenvalue weighted by Gasteiger charge is -2.00. The average Bonchev–Trinajstić information content (AvgIpc) is 2.52. The molecule has 11 heavy (non-hydrogen) atoms. The Balaban J connectivity index is 2.31. The summed E-state index contributed by atoms with van der Waals surface area (Å²) in [7, 11) is 0. The number of aliphatic hydroxyl groups is 1. The van der Waals surface area contributed by atoms with Gasteiger partial charge in [0.1, 0.15) is 6.10 Å². The van der Waals surface area contributed by atoms with Crippen LogP contribution in [0.1, 0.15) is 12.8 Å². The van der Waals surface area contributed by atoms with E-state index in [1.54, 1.807) is 6.08 Å². The van der Waals surface area contributed by atoms with Crippen LogP contribution in [0.4, 0.5) is 0 Å². The molecule has 1 atom stereocenters. The van der Waals surface area contributed by atoms with Crippen LogP contribution in [0.5, 0.6) is 0 Å². The third-order valence-electron chi connectivity index (χ3n) is 1.78. The normalized spacial score (nSPS) is 20.7. The van der Waals surface area contributed by atoms with Gasteiger partial charge in [0.25, 0.3) is 0 Å². The van der Waals surface area contributed by atoms with Gasteiger partial charge in [-0.05, 0) is 24.8 Å². The first-order chi connectivity index (χ1) is 5.33. The molecule has 1 aliphatic rings. The molecule has 1 rings (SSSR count). The molecule has 0 amide bonds. The lowest BCUT2D eigenvalue weighted by molar-refractivity contribution is 0.280. The summed E-state index contributed by atoms with van der Waals surface area (Å²) in [4.78, 5) is 0. The van der Waals surface area contributed by atoms with E-state index < -0.39 is 6.10 Å². The van der Waals surface area contributed by atoms with Crippen LogP contribution >= 0.6 is 0 Å². The summed E-state index contributed by atoms with van der Waals surface area (Å²) in [5.74, 6) is 2.79. The third kappa shape index (κ3) is 2.61. The quantitative estimate of drug-likeness (QED) is 0.465. The Kier molecular flexibility index (Phi) is 2.95. The number of hydrogen-bond donors (Lipinski definition) is 1. The fraction of sp³-hybridized carbons (Fsp3) is 0.400. The highest BCUT2D eigenvalue weighted by Gasteiger charge is 2.05. The fourth-order valence-electron chi connectivity index (χ4n) is 1.11. The molecule has 0 saturated carbocycles. The summed E-state index contributed by atoms with van der Waals surface area (Å²) >= 11 is 0. The van der Waals surface area contributed by atoms with Crippen LogP contribution in [0.2, 0.25) is 0 Å². The lowest BCUT2D eigenvalue weighted by Crippen LogP contribution is -1.97. The fourth-order valence-corrected chi connectivity index (χ4v) is 1.11. The van der Waals surface area contributed by atoms with E-state index in [0.29, 0.717) is 5.92 Å². The molecule has 0 fully saturated rings. The van der Waals surface area contributed by atoms with E-state index in [4.69, 9.17) is 11.5 Å². The van der Waals surface area contributed by atoms with Crippen molar-refractivity contribution in [3.63, 3.8) is 0 Å². The minimum atomic E-state index is -0.712. The number of hydrogen-bond acceptors (Lipinski definition) is 1. The van der Waals surface area contributed by atoms with Crippen molar-refractivity contribution >= 4 is 0 Å². The Labute approximate surface area is 67.4 Å². The Bertz CT molecular complexity index is 199. The largest absolute Gasteiger partial charge is 0.377 e. The molecule has 0 bridgehead atoms. The van der Waals surface area contributed by atoms with Crippen LogP contribution in [0.25, 0.3) is 0 Å². The molecular weight excluding hydrogens is 136 g/mol. The molecule has 0 aromatic heterocycles. The van der Waals surface area contributed by atoms with Crippen LogP contribution in [0.3, 0.4) is 0 Å². The smallest absolute Gasteiger partial charge is 0.133 e. The predicted octanol–water partition coefficient (Wildman–Crippen LogP) is 1.50. The molecule has 58 valence electrons. The third-order valence-corrected chi connectivity index (χ3v) is 1.78. The molecule has 0 aromatic carbocycles. The molecule has 0 saturated heterocycles. The summed E-state index contributed by atoms with van der Waals surface area (Å²) in [5, 5.41) is 8.97. The second-order valence-corrected chi connectivity index (χ2v) is 2.70. The van der Waals surface area contributed by atoms with Crippen LogP contribution in [0, 0.1) is 18.3 Å². The summed E-state index contributed by atoms with van der Waals surface area (Å²) in [5.41, 5.74) is 0. The van der Waals surface area contributed by atoms with E-state index in [2.05, 4.69) is 18.1 Å². The van der Waals surface area contributed by atoms with E-state index in [1.165, 1.54) is 0 Å². The molecule has 1 unspecified atom stereocenters. The second kappa shape index (κ2) is 4.00. The standard InChI is InChI=1S/C10H12O/c1-2-10(11)8-7-9-5-3-4-6-9/h1,3-4,7-11H,5-6H2/b8-7+. The van der Waals surface area contributed by atoms with Gasteiger partial charge in [0.05, 0.1) is 0 Å². The maximum Gasteiger partial charge on any atom is 0.133 e. The van der Waals surface area contributed by atoms with E-state index in [1.807, 2.05) is 6.08 Å². The van der Waals surface area contributed by atoms with Crippen molar-refractivity contribution in [3.05, 3.63) is 24.3 Å². The SMILES string of the molecule is C#CC(O)/C=C/C1CC=CC1. The van der Waals surface area contributed by atoms with E-state index in [0.717, 1.165) is 12.8 Å². The number of rotatable bonds is 2. The van der Waals surface area contributed by atoms with Gasteiger partial charge in [0.2, 0.25) is 0 Å². The first-order valence-corrected chi connectivity index (χ1v) is 3.80. The summed E-state index contributed by atoms with van der Waals surface area (Å²) in [6.45, 7) is 0. The Hall–Kier alpha value is -1.00. The summed E-state index contributed by atoms with van der Waals surface area (Å²) in [6, 6.07) is 0. The first-order valence-electron chi connectivity index (χ1n) is 3.80. The molecule has 0 spiro atoms. The van der Waals surface area contributed by atoms with Crippen molar-refractivity contribution in [2.75, 3.05) is 0 Å². The zero-order valence-corrected chi connectivity index (χ0v) is 6.40. The highest BCUT2D eigenvalue weighted by Crippen LogP contribution is 2.18. The van der Waals surface area contributed by atoms with Crippen molar-refractivity contribution in [1.29, 1.82) is 0 Å². The topological polar surface area (TPSA) is 20.2 Å². The van der Waals surface area contributed by atoms with E-state index in [-0.39, 0.29) is 0 Å². The predicted molar refractivity (Wildman–Crippen MR) is 45.8 cm³/mol. The Morgan fingerprint density at radius 2 is 2.18 bits per heavy atom. The minimum absolute atomic E-state index is 0.554. The monoisotopic (exact) mass is 148 g/mol. The second-order valence-electron chi connectivity index (χ2n) is 2.70. The Morgan fingerprint density at radius 3 is 2.73 bits per heavy atom. The molecule has 1 aliphatic carbocycles. The molecule has 0 radical (unpaired) electrons. The van der Waals surface area contributed by atoms with Gasteiger partial charge in [0.15, 0.2) is 0 Å². The Morgan fingerprint density at radius 1 is 1.55 bits per heavy atom. The lowest BCUT2D eigenvalue weighted by atomic mass is 10.1. The van der Waals surface area contributed by atoms with Crippen molar-refractivity contribution < 1.29 is 5.11 Å². The van der Waals surface area contributed by atoms with Gasteiger partial charge < -0.3 is 5.11 Å². The number of aliphatic hydroxyl groups excluding tert-OH is 1. The summed E-state index contributed by atoms with van der Waals surface area (Å²) in [6.07, 6.45) is 14.4. The minimum Gasteiger partial charge on any atom is -0.377 e. The van der Waals surface area contributed by atoms with Gasteiger partial charge in [-0.2, -0.15) is 0 Å². The zero-order valence-electron chi connectivity index (χ0n) is 6.40. The molecule has 1 heteroatoms. The molecule has 0 heterocycles. The number of allylic oxidation sites excluding steroid dienone is 3. The zero-order chi connectivity index (χ0) is 8.10. The van der Waals surface area contributed by atoms with Crippen LogP contribution in [-0.4, -0.2) is 11.2 Å². The molecule has 1 nitrogen and oxygen atoms in total. The molecule has 1 N–H and O–H groups in total. The van der Waals surface area contributed by atoms with Gasteiger partial charge >= 0.3 is 0 Å². The van der Waals surface area contributed by atoms with E-state index >= 15 is 0 Å². The maximum atomic E-state index is 8.97. The first kappa shape index (κ1) is 8.10. The average molecular weight is 148 g/mol. The highest BCUT2D eigenvalue weighted by molar-refractivity contribution is 5.10. The van der Waals surface area contributed by atoms with Gasteiger partial charge in [0, 0.05) is 0 Å². The van der Waals surface area contributed by atoms with Crippen LogP contribution in [0.15, 0.2) is 24.3 Å². The van der Waals surface area contributed by atoms with Crippen molar-refractivity contribution in [2.24, 2.45) is 5.92 Å². The van der Waals surface area contributed by atoms with Gasteiger partial charge in [-0.15, -0.1) is 6.42 Å². The van der Waals surface area contributed by atoms with Crippen LogP contribution < -0.4 is 0 Å².